The Labute approximate surface area is 106 Å². The van der Waals surface area contributed by atoms with Gasteiger partial charge < -0.3 is 15.2 Å². The molecule has 18 heavy (non-hydrogen) atoms. The molecule has 0 saturated heterocycles. The predicted octanol–water partition coefficient (Wildman–Crippen LogP) is 0.431. The molecule has 1 aromatic carbocycles. The lowest BCUT2D eigenvalue weighted by Crippen LogP contribution is -2.45. The average molecular weight is 272 g/mol. The predicted molar refractivity (Wildman–Crippen MR) is 66.0 cm³/mol. The van der Waals surface area contributed by atoms with Crippen molar-refractivity contribution in [3.63, 3.8) is 0 Å². The van der Waals surface area contributed by atoms with E-state index in [2.05, 4.69) is 4.72 Å². The van der Waals surface area contributed by atoms with Gasteiger partial charge >= 0.3 is 0 Å². The van der Waals surface area contributed by atoms with Gasteiger partial charge in [-0.3, -0.25) is 0 Å². The maximum absolute atomic E-state index is 12.0. The number of sulfonamides is 1. The number of rotatable bonds is 4. The van der Waals surface area contributed by atoms with E-state index in [0.717, 1.165) is 0 Å². The summed E-state index contributed by atoms with van der Waals surface area (Å²) in [5.41, 5.74) is 5.13. The Morgan fingerprint density at radius 1 is 1.33 bits per heavy atom. The van der Waals surface area contributed by atoms with E-state index in [0.29, 0.717) is 11.5 Å². The largest absolute Gasteiger partial charge is 0.454 e. The van der Waals surface area contributed by atoms with Crippen LogP contribution in [0.4, 0.5) is 0 Å². The van der Waals surface area contributed by atoms with Gasteiger partial charge in [0.1, 0.15) is 0 Å². The minimum atomic E-state index is -3.58. The molecular formula is C11H16N2O4S. The Balaban J connectivity index is 2.20. The highest BCUT2D eigenvalue weighted by Crippen LogP contribution is 2.33. The Hall–Kier alpha value is -1.31. The molecule has 0 radical (unpaired) electrons. The van der Waals surface area contributed by atoms with Crippen LogP contribution in [0.3, 0.4) is 0 Å². The standard InChI is InChI=1S/C11H16N2O4S/c1-11(2,12)6-13-18(14,15)8-3-4-9-10(5-8)17-7-16-9/h3-5,13H,6-7,12H2,1-2H3. The van der Waals surface area contributed by atoms with Crippen molar-refractivity contribution < 1.29 is 17.9 Å². The minimum Gasteiger partial charge on any atom is -0.454 e. The molecule has 1 aromatic rings. The molecule has 0 saturated carbocycles. The Morgan fingerprint density at radius 2 is 2.00 bits per heavy atom. The second-order valence-electron chi connectivity index (χ2n) is 4.83. The SMILES string of the molecule is CC(C)(N)CNS(=O)(=O)c1ccc2c(c1)OCO2. The van der Waals surface area contributed by atoms with Crippen molar-refractivity contribution in [3.05, 3.63) is 18.2 Å². The third kappa shape index (κ3) is 2.92. The number of hydrogen-bond donors (Lipinski definition) is 2. The molecule has 0 bridgehead atoms. The first-order chi connectivity index (χ1) is 8.28. The summed E-state index contributed by atoms with van der Waals surface area (Å²) in [6.07, 6.45) is 0. The summed E-state index contributed by atoms with van der Waals surface area (Å²) in [5, 5.41) is 0. The van der Waals surface area contributed by atoms with E-state index in [1.54, 1.807) is 19.9 Å². The molecule has 0 fully saturated rings. The number of nitrogens with two attached hydrogens (primary N) is 1. The van der Waals surface area contributed by atoms with Gasteiger partial charge in [-0.15, -0.1) is 0 Å². The maximum Gasteiger partial charge on any atom is 0.240 e. The van der Waals surface area contributed by atoms with E-state index in [1.165, 1.54) is 12.1 Å². The summed E-state index contributed by atoms with van der Waals surface area (Å²) in [5.74, 6) is 0.984. The topological polar surface area (TPSA) is 90.7 Å². The third-order valence-electron chi connectivity index (χ3n) is 2.37. The van der Waals surface area contributed by atoms with Gasteiger partial charge in [0, 0.05) is 18.2 Å². The summed E-state index contributed by atoms with van der Waals surface area (Å²) < 4.78 is 36.8. The molecule has 2 rings (SSSR count). The molecule has 0 aromatic heterocycles. The molecular weight excluding hydrogens is 256 g/mol. The van der Waals surface area contributed by atoms with Crippen molar-refractivity contribution in [2.45, 2.75) is 24.3 Å². The van der Waals surface area contributed by atoms with Gasteiger partial charge in [-0.1, -0.05) is 0 Å². The fraction of sp³-hybridized carbons (Fsp3) is 0.455. The third-order valence-corrected chi connectivity index (χ3v) is 3.77. The zero-order valence-electron chi connectivity index (χ0n) is 10.3. The van der Waals surface area contributed by atoms with E-state index in [-0.39, 0.29) is 18.2 Å². The molecule has 0 atom stereocenters. The van der Waals surface area contributed by atoms with Crippen LogP contribution >= 0.6 is 0 Å². The molecule has 7 heteroatoms. The molecule has 6 nitrogen and oxygen atoms in total. The van der Waals surface area contributed by atoms with Crippen molar-refractivity contribution in [1.29, 1.82) is 0 Å². The Morgan fingerprint density at radius 3 is 2.67 bits per heavy atom. The van der Waals surface area contributed by atoms with Gasteiger partial charge in [0.2, 0.25) is 16.8 Å². The highest BCUT2D eigenvalue weighted by Gasteiger charge is 2.22. The van der Waals surface area contributed by atoms with Crippen molar-refractivity contribution >= 4 is 10.0 Å². The van der Waals surface area contributed by atoms with Crippen LogP contribution in [-0.4, -0.2) is 27.3 Å². The highest BCUT2D eigenvalue weighted by atomic mass is 32.2. The first-order valence-corrected chi connectivity index (χ1v) is 6.94. The smallest absolute Gasteiger partial charge is 0.240 e. The van der Waals surface area contributed by atoms with Crippen LogP contribution in [0.1, 0.15) is 13.8 Å². The van der Waals surface area contributed by atoms with Gasteiger partial charge in [0.25, 0.3) is 0 Å². The number of fused-ring (bicyclic) bond motifs is 1. The lowest BCUT2D eigenvalue weighted by molar-refractivity contribution is 0.174. The van der Waals surface area contributed by atoms with Crippen molar-refractivity contribution in [2.75, 3.05) is 13.3 Å². The second kappa shape index (κ2) is 4.42. The lowest BCUT2D eigenvalue weighted by atomic mass is 10.1. The summed E-state index contributed by atoms with van der Waals surface area (Å²) >= 11 is 0. The van der Waals surface area contributed by atoms with Gasteiger partial charge in [0.15, 0.2) is 11.5 Å². The van der Waals surface area contributed by atoms with Crippen LogP contribution in [0.15, 0.2) is 23.1 Å². The van der Waals surface area contributed by atoms with E-state index in [9.17, 15) is 8.42 Å². The summed E-state index contributed by atoms with van der Waals surface area (Å²) in [6, 6.07) is 4.48. The Kier molecular flexibility index (Phi) is 3.22. The van der Waals surface area contributed by atoms with Crippen LogP contribution in [-0.2, 0) is 10.0 Å². The van der Waals surface area contributed by atoms with Crippen LogP contribution in [0.25, 0.3) is 0 Å². The molecule has 0 aliphatic carbocycles. The first-order valence-electron chi connectivity index (χ1n) is 5.46. The van der Waals surface area contributed by atoms with Gasteiger partial charge in [-0.05, 0) is 26.0 Å². The summed E-state index contributed by atoms with van der Waals surface area (Å²) in [7, 11) is -3.58. The van der Waals surface area contributed by atoms with Crippen molar-refractivity contribution in [3.8, 4) is 11.5 Å². The molecule has 1 heterocycles. The molecule has 0 spiro atoms. The number of nitrogens with one attached hydrogen (secondary N) is 1. The van der Waals surface area contributed by atoms with Crippen LogP contribution in [0.2, 0.25) is 0 Å². The number of hydrogen-bond acceptors (Lipinski definition) is 5. The van der Waals surface area contributed by atoms with Crippen LogP contribution < -0.4 is 19.9 Å². The monoisotopic (exact) mass is 272 g/mol. The van der Waals surface area contributed by atoms with Crippen LogP contribution in [0.5, 0.6) is 11.5 Å². The summed E-state index contributed by atoms with van der Waals surface area (Å²) in [6.45, 7) is 3.76. The molecule has 1 aliphatic rings. The van der Waals surface area contributed by atoms with Gasteiger partial charge in [-0.25, -0.2) is 13.1 Å². The highest BCUT2D eigenvalue weighted by molar-refractivity contribution is 7.89. The second-order valence-corrected chi connectivity index (χ2v) is 6.60. The molecule has 100 valence electrons. The molecule has 3 N–H and O–H groups in total. The van der Waals surface area contributed by atoms with Crippen molar-refractivity contribution in [1.82, 2.24) is 4.72 Å². The Bertz CT molecular complexity index is 549. The first kappa shape index (κ1) is 13.1. The number of ether oxygens (including phenoxy) is 2. The van der Waals surface area contributed by atoms with Crippen molar-refractivity contribution in [2.24, 2.45) is 5.73 Å². The molecule has 0 unspecified atom stereocenters. The van der Waals surface area contributed by atoms with E-state index < -0.39 is 15.6 Å². The minimum absolute atomic E-state index is 0.113. The fourth-order valence-corrected chi connectivity index (χ4v) is 2.65. The van der Waals surface area contributed by atoms with E-state index in [1.807, 2.05) is 0 Å². The zero-order chi connectivity index (χ0) is 13.4. The maximum atomic E-state index is 12.0. The van der Waals surface area contributed by atoms with E-state index >= 15 is 0 Å². The quantitative estimate of drug-likeness (QED) is 0.829. The fourth-order valence-electron chi connectivity index (χ4n) is 1.41. The van der Waals surface area contributed by atoms with Gasteiger partial charge in [0.05, 0.1) is 4.90 Å². The van der Waals surface area contributed by atoms with Gasteiger partial charge in [-0.2, -0.15) is 0 Å². The van der Waals surface area contributed by atoms with E-state index in [4.69, 9.17) is 15.2 Å². The zero-order valence-corrected chi connectivity index (χ0v) is 11.1. The molecule has 1 aliphatic heterocycles. The summed E-state index contributed by atoms with van der Waals surface area (Å²) in [4.78, 5) is 0.135. The lowest BCUT2D eigenvalue weighted by Gasteiger charge is -2.18. The normalized spacial score (nSPS) is 14.8. The van der Waals surface area contributed by atoms with Crippen LogP contribution in [0, 0.1) is 0 Å². The average Bonchev–Trinajstić information content (AvgIpc) is 2.72. The number of benzene rings is 1. The molecule has 0 amide bonds.